The van der Waals surface area contributed by atoms with Gasteiger partial charge in [0, 0.05) is 0 Å². The molecule has 3 heterocycles. The highest BCUT2D eigenvalue weighted by Gasteiger charge is 2.44. The van der Waals surface area contributed by atoms with Crippen LogP contribution in [0.2, 0.25) is 0 Å². The van der Waals surface area contributed by atoms with Crippen LogP contribution in [0.4, 0.5) is 5.82 Å². The van der Waals surface area contributed by atoms with Gasteiger partial charge in [0.2, 0.25) is 0 Å². The number of rotatable bonds is 7. The number of imidazole rings is 1. The second kappa shape index (κ2) is 9.32. The predicted molar refractivity (Wildman–Crippen MR) is 119 cm³/mol. The van der Waals surface area contributed by atoms with Crippen LogP contribution in [0.25, 0.3) is 11.2 Å². The standard InChI is InChI=1S/C23H29N5O5/c1-13-5-2-3-6-14(13)10-32-16-8-4-7-15(16)27-21-18-22(25-11-24-21)28(12-26-18)23-20(31)19(30)17(9-29)33-23/h2-3,5-6,11-12,15-17,19-20,23,29-31H,4,7-10H2,1H3,(H,24,25,27)/t15-,16-,17+,19+,20+,23+/m0/s1. The Balaban J connectivity index is 1.33. The van der Waals surface area contributed by atoms with Gasteiger partial charge in [0.1, 0.15) is 24.6 Å². The predicted octanol–water partition coefficient (Wildman–Crippen LogP) is 1.30. The average Bonchev–Trinajstić information content (AvgIpc) is 3.52. The molecule has 3 aromatic rings. The van der Waals surface area contributed by atoms with Crippen LogP contribution < -0.4 is 5.32 Å². The zero-order valence-electron chi connectivity index (χ0n) is 18.4. The van der Waals surface area contributed by atoms with Crippen molar-refractivity contribution in [1.82, 2.24) is 19.5 Å². The van der Waals surface area contributed by atoms with Crippen LogP contribution in [-0.4, -0.2) is 71.9 Å². The lowest BCUT2D eigenvalue weighted by Gasteiger charge is -2.22. The van der Waals surface area contributed by atoms with Crippen LogP contribution in [0.5, 0.6) is 0 Å². The van der Waals surface area contributed by atoms with Gasteiger partial charge >= 0.3 is 0 Å². The van der Waals surface area contributed by atoms with Crippen molar-refractivity contribution in [2.24, 2.45) is 0 Å². The maximum atomic E-state index is 10.4. The highest BCUT2D eigenvalue weighted by atomic mass is 16.6. The fourth-order valence-electron chi connectivity index (χ4n) is 4.69. The van der Waals surface area contributed by atoms with E-state index in [1.807, 2.05) is 12.1 Å². The lowest BCUT2D eigenvalue weighted by molar-refractivity contribution is -0.0511. The number of hydrogen-bond donors (Lipinski definition) is 4. The molecule has 10 nitrogen and oxygen atoms in total. The molecule has 1 saturated carbocycles. The lowest BCUT2D eigenvalue weighted by atomic mass is 10.1. The summed E-state index contributed by atoms with van der Waals surface area (Å²) in [5.74, 6) is 0.585. The second-order valence-corrected chi connectivity index (χ2v) is 8.73. The number of aliphatic hydroxyl groups is 3. The monoisotopic (exact) mass is 455 g/mol. The molecular formula is C23H29N5O5. The zero-order valence-corrected chi connectivity index (χ0v) is 18.4. The number of fused-ring (bicyclic) bond motifs is 1. The topological polar surface area (TPSA) is 135 Å². The quantitative estimate of drug-likeness (QED) is 0.416. The maximum absolute atomic E-state index is 10.4. The highest BCUT2D eigenvalue weighted by molar-refractivity contribution is 5.82. The number of nitrogens with zero attached hydrogens (tertiary/aromatic N) is 4. The van der Waals surface area contributed by atoms with E-state index in [9.17, 15) is 15.3 Å². The summed E-state index contributed by atoms with van der Waals surface area (Å²) in [6.07, 6.45) is 1.80. The molecule has 0 radical (unpaired) electrons. The van der Waals surface area contributed by atoms with Gasteiger partial charge in [-0.1, -0.05) is 24.3 Å². The Hall–Kier alpha value is -2.63. The third-order valence-electron chi connectivity index (χ3n) is 6.64. The van der Waals surface area contributed by atoms with Crippen molar-refractivity contribution in [2.45, 2.75) is 69.5 Å². The number of hydrogen-bond acceptors (Lipinski definition) is 9. The van der Waals surface area contributed by atoms with E-state index in [2.05, 4.69) is 39.3 Å². The largest absolute Gasteiger partial charge is 0.394 e. The Morgan fingerprint density at radius 2 is 2.00 bits per heavy atom. The van der Waals surface area contributed by atoms with Gasteiger partial charge in [0.25, 0.3) is 0 Å². The summed E-state index contributed by atoms with van der Waals surface area (Å²) in [6.45, 7) is 2.26. The van der Waals surface area contributed by atoms with Gasteiger partial charge in [-0.25, -0.2) is 15.0 Å². The van der Waals surface area contributed by atoms with E-state index >= 15 is 0 Å². The van der Waals surface area contributed by atoms with Gasteiger partial charge in [0.05, 0.1) is 31.7 Å². The molecule has 176 valence electrons. The van der Waals surface area contributed by atoms with Crippen LogP contribution in [0, 0.1) is 6.92 Å². The first-order valence-electron chi connectivity index (χ1n) is 11.3. The van der Waals surface area contributed by atoms with E-state index in [1.165, 1.54) is 23.8 Å². The number of benzene rings is 1. The number of ether oxygens (including phenoxy) is 2. The van der Waals surface area contributed by atoms with E-state index in [0.717, 1.165) is 19.3 Å². The van der Waals surface area contributed by atoms with Gasteiger partial charge < -0.3 is 30.1 Å². The van der Waals surface area contributed by atoms with Crippen molar-refractivity contribution >= 4 is 17.0 Å². The van der Waals surface area contributed by atoms with Gasteiger partial charge in [-0.2, -0.15) is 0 Å². The summed E-state index contributed by atoms with van der Waals surface area (Å²) >= 11 is 0. The fourth-order valence-corrected chi connectivity index (χ4v) is 4.69. The fraction of sp³-hybridized carbons (Fsp3) is 0.522. The summed E-state index contributed by atoms with van der Waals surface area (Å²) in [5, 5.41) is 33.3. The molecular weight excluding hydrogens is 426 g/mol. The molecule has 33 heavy (non-hydrogen) atoms. The lowest BCUT2D eigenvalue weighted by Crippen LogP contribution is -2.33. The number of aromatic nitrogens is 4. The summed E-state index contributed by atoms with van der Waals surface area (Å²) < 4.78 is 13.5. The summed E-state index contributed by atoms with van der Waals surface area (Å²) in [5.41, 5.74) is 3.41. The van der Waals surface area contributed by atoms with Crippen molar-refractivity contribution in [3.63, 3.8) is 0 Å². The van der Waals surface area contributed by atoms with Crippen molar-refractivity contribution in [1.29, 1.82) is 0 Å². The van der Waals surface area contributed by atoms with Gasteiger partial charge in [-0.05, 0) is 37.3 Å². The summed E-state index contributed by atoms with van der Waals surface area (Å²) in [6, 6.07) is 8.32. The summed E-state index contributed by atoms with van der Waals surface area (Å²) in [4.78, 5) is 13.2. The molecule has 4 N–H and O–H groups in total. The van der Waals surface area contributed by atoms with Crippen LogP contribution in [0.15, 0.2) is 36.9 Å². The minimum absolute atomic E-state index is 0.0529. The normalized spacial score (nSPS) is 29.7. The smallest absolute Gasteiger partial charge is 0.167 e. The molecule has 1 aliphatic carbocycles. The van der Waals surface area contributed by atoms with Gasteiger partial charge in [-0.15, -0.1) is 0 Å². The molecule has 6 atom stereocenters. The first-order valence-corrected chi connectivity index (χ1v) is 11.3. The van der Waals surface area contributed by atoms with Crippen molar-refractivity contribution in [3.8, 4) is 0 Å². The molecule has 2 aromatic heterocycles. The molecule has 5 rings (SSSR count). The van der Waals surface area contributed by atoms with E-state index < -0.39 is 31.1 Å². The van der Waals surface area contributed by atoms with Gasteiger partial charge in [-0.3, -0.25) is 4.57 Å². The number of nitrogens with one attached hydrogen (secondary N) is 1. The Labute approximate surface area is 191 Å². The molecule has 0 unspecified atom stereocenters. The van der Waals surface area contributed by atoms with E-state index in [4.69, 9.17) is 9.47 Å². The van der Waals surface area contributed by atoms with E-state index in [1.54, 1.807) is 4.57 Å². The molecule has 10 heteroatoms. The zero-order chi connectivity index (χ0) is 22.9. The Morgan fingerprint density at radius 1 is 1.15 bits per heavy atom. The van der Waals surface area contributed by atoms with Crippen LogP contribution in [-0.2, 0) is 16.1 Å². The number of aliphatic hydroxyl groups excluding tert-OH is 3. The van der Waals surface area contributed by atoms with Crippen molar-refractivity contribution < 1.29 is 24.8 Å². The minimum Gasteiger partial charge on any atom is -0.394 e. The molecule has 2 fully saturated rings. The maximum Gasteiger partial charge on any atom is 0.167 e. The first-order chi connectivity index (χ1) is 16.1. The third kappa shape index (κ3) is 4.20. The van der Waals surface area contributed by atoms with Crippen LogP contribution in [0.1, 0.15) is 36.6 Å². The second-order valence-electron chi connectivity index (χ2n) is 8.73. The molecule has 0 amide bonds. The number of anilines is 1. The SMILES string of the molecule is Cc1ccccc1CO[C@H]1CCC[C@@H]1Nc1ncnc2c1ncn2[C@@H]1O[C@H](CO)[C@@H](O)[C@H]1O. The Morgan fingerprint density at radius 3 is 2.79 bits per heavy atom. The molecule has 1 saturated heterocycles. The molecule has 1 aromatic carbocycles. The Kier molecular flexibility index (Phi) is 6.26. The minimum atomic E-state index is -1.21. The average molecular weight is 456 g/mol. The van der Waals surface area contributed by atoms with Crippen molar-refractivity contribution in [3.05, 3.63) is 48.0 Å². The molecule has 1 aliphatic heterocycles. The molecule has 0 spiro atoms. The molecule has 0 bridgehead atoms. The molecule has 2 aliphatic rings. The first kappa shape index (κ1) is 22.2. The highest BCUT2D eigenvalue weighted by Crippen LogP contribution is 2.33. The van der Waals surface area contributed by atoms with Crippen LogP contribution >= 0.6 is 0 Å². The van der Waals surface area contributed by atoms with Crippen LogP contribution in [0.3, 0.4) is 0 Å². The Bertz CT molecular complexity index is 1110. The van der Waals surface area contributed by atoms with E-state index in [-0.39, 0.29) is 12.1 Å². The third-order valence-corrected chi connectivity index (χ3v) is 6.64. The van der Waals surface area contributed by atoms with Crippen molar-refractivity contribution in [2.75, 3.05) is 11.9 Å². The summed E-state index contributed by atoms with van der Waals surface area (Å²) in [7, 11) is 0. The van der Waals surface area contributed by atoms with Gasteiger partial charge in [0.15, 0.2) is 23.2 Å². The number of aryl methyl sites for hydroxylation is 1. The van der Waals surface area contributed by atoms with E-state index in [0.29, 0.717) is 23.6 Å².